The van der Waals surface area contributed by atoms with Gasteiger partial charge in [0.2, 0.25) is 0 Å². The Kier molecular flexibility index (Phi) is 4.16. The van der Waals surface area contributed by atoms with Crippen molar-refractivity contribution in [1.82, 2.24) is 10.3 Å². The van der Waals surface area contributed by atoms with Crippen LogP contribution in [0, 0.1) is 0 Å². The van der Waals surface area contributed by atoms with E-state index in [4.69, 9.17) is 4.98 Å². The highest BCUT2D eigenvalue weighted by Crippen LogP contribution is 2.42. The van der Waals surface area contributed by atoms with Gasteiger partial charge in [0, 0.05) is 10.6 Å². The maximum absolute atomic E-state index is 4.87. The summed E-state index contributed by atoms with van der Waals surface area (Å²) in [4.78, 5) is 4.87. The van der Waals surface area contributed by atoms with Gasteiger partial charge in [-0.15, -0.1) is 11.3 Å². The summed E-state index contributed by atoms with van der Waals surface area (Å²) in [7, 11) is 2.08. The third-order valence-electron chi connectivity index (χ3n) is 3.72. The average molecular weight is 270 g/mol. The number of aromatic nitrogens is 1. The molecule has 0 saturated carbocycles. The molecule has 1 aromatic heterocycles. The van der Waals surface area contributed by atoms with Crippen molar-refractivity contribution in [3.8, 4) is 0 Å². The highest BCUT2D eigenvalue weighted by Gasteiger charge is 2.41. The van der Waals surface area contributed by atoms with Crippen LogP contribution in [-0.4, -0.2) is 23.0 Å². The van der Waals surface area contributed by atoms with Crippen LogP contribution in [0.1, 0.15) is 50.2 Å². The van der Waals surface area contributed by atoms with E-state index in [1.165, 1.54) is 29.3 Å². The molecule has 0 radical (unpaired) electrons. The molecule has 0 bridgehead atoms. The van der Waals surface area contributed by atoms with Crippen molar-refractivity contribution in [2.24, 2.45) is 0 Å². The van der Waals surface area contributed by atoms with Crippen LogP contribution < -0.4 is 5.32 Å². The summed E-state index contributed by atoms with van der Waals surface area (Å²) >= 11 is 3.89. The number of thioether (sulfide) groups is 1. The van der Waals surface area contributed by atoms with Crippen LogP contribution in [0.25, 0.3) is 0 Å². The second kappa shape index (κ2) is 5.29. The maximum Gasteiger partial charge on any atom is 0.114 e. The summed E-state index contributed by atoms with van der Waals surface area (Å²) in [6.45, 7) is 6.75. The SMILES string of the molecule is CNC1(c2nc(C(C)C)cs2)CCCSC1C. The Balaban J connectivity index is 2.32. The first-order valence-corrected chi connectivity index (χ1v) is 8.29. The smallest absolute Gasteiger partial charge is 0.114 e. The Bertz CT molecular complexity index is 375. The highest BCUT2D eigenvalue weighted by molar-refractivity contribution is 8.00. The van der Waals surface area contributed by atoms with Crippen molar-refractivity contribution in [2.75, 3.05) is 12.8 Å². The molecule has 1 aliphatic heterocycles. The molecule has 0 aromatic carbocycles. The third-order valence-corrected chi connectivity index (χ3v) is 6.18. The molecule has 2 rings (SSSR count). The normalized spacial score (nSPS) is 29.8. The van der Waals surface area contributed by atoms with Crippen molar-refractivity contribution < 1.29 is 0 Å². The Hall–Kier alpha value is -0.0600. The van der Waals surface area contributed by atoms with E-state index in [9.17, 15) is 0 Å². The van der Waals surface area contributed by atoms with Gasteiger partial charge in [0.15, 0.2) is 0 Å². The van der Waals surface area contributed by atoms with Gasteiger partial charge in [-0.1, -0.05) is 20.8 Å². The molecule has 0 amide bonds. The molecule has 4 heteroatoms. The number of hydrogen-bond donors (Lipinski definition) is 1. The summed E-state index contributed by atoms with van der Waals surface area (Å²) in [6, 6.07) is 0. The second-order valence-corrected chi connectivity index (χ2v) is 7.38. The summed E-state index contributed by atoms with van der Waals surface area (Å²) in [6.07, 6.45) is 2.50. The minimum absolute atomic E-state index is 0.0979. The summed E-state index contributed by atoms with van der Waals surface area (Å²) in [5, 5.41) is 7.68. The zero-order valence-electron chi connectivity index (χ0n) is 11.1. The minimum Gasteiger partial charge on any atom is -0.308 e. The molecule has 2 atom stereocenters. The zero-order chi connectivity index (χ0) is 12.5. The van der Waals surface area contributed by atoms with Crippen LogP contribution >= 0.6 is 23.1 Å². The molecule has 96 valence electrons. The molecule has 0 spiro atoms. The summed E-state index contributed by atoms with van der Waals surface area (Å²) in [5.41, 5.74) is 1.34. The number of nitrogens with one attached hydrogen (secondary N) is 1. The van der Waals surface area contributed by atoms with Crippen molar-refractivity contribution in [3.63, 3.8) is 0 Å². The molecule has 1 aliphatic rings. The van der Waals surface area contributed by atoms with Gasteiger partial charge < -0.3 is 5.32 Å². The molecular weight excluding hydrogens is 248 g/mol. The molecule has 2 unspecified atom stereocenters. The largest absolute Gasteiger partial charge is 0.308 e. The molecule has 17 heavy (non-hydrogen) atoms. The van der Waals surface area contributed by atoms with Crippen LogP contribution in [0.3, 0.4) is 0 Å². The number of thiazole rings is 1. The lowest BCUT2D eigenvalue weighted by Gasteiger charge is -2.40. The Morgan fingerprint density at radius 3 is 2.82 bits per heavy atom. The van der Waals surface area contributed by atoms with E-state index in [0.717, 1.165) is 0 Å². The Morgan fingerprint density at radius 1 is 1.53 bits per heavy atom. The molecule has 1 N–H and O–H groups in total. The van der Waals surface area contributed by atoms with Crippen molar-refractivity contribution >= 4 is 23.1 Å². The average Bonchev–Trinajstić information content (AvgIpc) is 2.80. The van der Waals surface area contributed by atoms with Crippen LogP contribution in [0.15, 0.2) is 5.38 Å². The summed E-state index contributed by atoms with van der Waals surface area (Å²) < 4.78 is 0. The fourth-order valence-corrected chi connectivity index (χ4v) is 5.11. The first kappa shape index (κ1) is 13.4. The lowest BCUT2D eigenvalue weighted by atomic mass is 9.90. The number of nitrogens with zero attached hydrogens (tertiary/aromatic N) is 1. The molecule has 2 heterocycles. The highest BCUT2D eigenvalue weighted by atomic mass is 32.2. The minimum atomic E-state index is 0.0979. The first-order valence-electron chi connectivity index (χ1n) is 6.36. The lowest BCUT2D eigenvalue weighted by molar-refractivity contribution is 0.317. The van der Waals surface area contributed by atoms with Gasteiger partial charge in [-0.25, -0.2) is 4.98 Å². The van der Waals surface area contributed by atoms with E-state index in [-0.39, 0.29) is 5.54 Å². The predicted octanol–water partition coefficient (Wildman–Crippen LogP) is 3.60. The van der Waals surface area contributed by atoms with E-state index < -0.39 is 0 Å². The van der Waals surface area contributed by atoms with Gasteiger partial charge in [-0.2, -0.15) is 11.8 Å². The van der Waals surface area contributed by atoms with Crippen molar-refractivity contribution in [2.45, 2.75) is 50.3 Å². The molecule has 0 aliphatic carbocycles. The van der Waals surface area contributed by atoms with Gasteiger partial charge in [-0.05, 0) is 31.6 Å². The molecule has 1 saturated heterocycles. The van der Waals surface area contributed by atoms with E-state index in [1.54, 1.807) is 0 Å². The lowest BCUT2D eigenvalue weighted by Crippen LogP contribution is -2.49. The predicted molar refractivity (Wildman–Crippen MR) is 78.1 cm³/mol. The number of rotatable bonds is 3. The summed E-state index contributed by atoms with van der Waals surface area (Å²) in [5.74, 6) is 1.81. The van der Waals surface area contributed by atoms with Crippen LogP contribution in [0.4, 0.5) is 0 Å². The number of hydrogen-bond acceptors (Lipinski definition) is 4. The molecule has 1 fully saturated rings. The third kappa shape index (κ3) is 2.40. The zero-order valence-corrected chi connectivity index (χ0v) is 12.8. The topological polar surface area (TPSA) is 24.9 Å². The van der Waals surface area contributed by atoms with Gasteiger partial charge >= 0.3 is 0 Å². The molecule has 2 nitrogen and oxygen atoms in total. The van der Waals surface area contributed by atoms with E-state index in [2.05, 4.69) is 50.3 Å². The van der Waals surface area contributed by atoms with Gasteiger partial charge in [0.1, 0.15) is 5.01 Å². The van der Waals surface area contributed by atoms with Gasteiger partial charge in [-0.3, -0.25) is 0 Å². The quantitative estimate of drug-likeness (QED) is 0.908. The fraction of sp³-hybridized carbons (Fsp3) is 0.769. The van der Waals surface area contributed by atoms with Crippen LogP contribution in [0.2, 0.25) is 0 Å². The fourth-order valence-electron chi connectivity index (χ4n) is 2.43. The van der Waals surface area contributed by atoms with E-state index in [1.807, 2.05) is 11.3 Å². The van der Waals surface area contributed by atoms with Crippen molar-refractivity contribution in [1.29, 1.82) is 0 Å². The molecule has 1 aromatic rings. The first-order chi connectivity index (χ1) is 8.10. The Labute approximate surface area is 113 Å². The maximum atomic E-state index is 4.87. The van der Waals surface area contributed by atoms with Gasteiger partial charge in [0.25, 0.3) is 0 Å². The second-order valence-electron chi connectivity index (χ2n) is 5.07. The molecular formula is C13H22N2S2. The van der Waals surface area contributed by atoms with Crippen molar-refractivity contribution in [3.05, 3.63) is 16.1 Å². The standard InChI is InChI=1S/C13H22N2S2/c1-9(2)11-8-17-12(15-11)13(14-4)6-5-7-16-10(13)3/h8-10,14H,5-7H2,1-4H3. The van der Waals surface area contributed by atoms with E-state index >= 15 is 0 Å². The van der Waals surface area contributed by atoms with Crippen LogP contribution in [0.5, 0.6) is 0 Å². The Morgan fingerprint density at radius 2 is 2.29 bits per heavy atom. The van der Waals surface area contributed by atoms with E-state index in [0.29, 0.717) is 11.2 Å². The van der Waals surface area contributed by atoms with Gasteiger partial charge in [0.05, 0.1) is 11.2 Å². The monoisotopic (exact) mass is 270 g/mol. The van der Waals surface area contributed by atoms with Crippen LogP contribution in [-0.2, 0) is 5.54 Å².